The topological polar surface area (TPSA) is 26.3 Å². The van der Waals surface area contributed by atoms with Gasteiger partial charge in [0.05, 0.1) is 9.30 Å². The summed E-state index contributed by atoms with van der Waals surface area (Å²) in [5.41, 5.74) is 0. The van der Waals surface area contributed by atoms with E-state index in [-0.39, 0.29) is 6.42 Å². The van der Waals surface area contributed by atoms with Crippen LogP contribution < -0.4 is 0 Å². The lowest BCUT2D eigenvalue weighted by Gasteiger charge is -2.10. The van der Waals surface area contributed by atoms with E-state index in [0.29, 0.717) is 12.3 Å². The molecule has 0 aliphatic carbocycles. The van der Waals surface area contributed by atoms with Gasteiger partial charge in [0.25, 0.3) is 0 Å². The first kappa shape index (κ1) is 11.2. The third-order valence-corrected chi connectivity index (χ3v) is 3.54. The van der Waals surface area contributed by atoms with Crippen LogP contribution in [0.25, 0.3) is 0 Å². The Morgan fingerprint density at radius 1 is 1.11 bits per heavy atom. The molecule has 1 unspecified atom stereocenters. The molecule has 0 N–H and O–H groups in total. The lowest BCUT2D eigenvalue weighted by atomic mass is 9.96. The third-order valence-electron chi connectivity index (χ3n) is 3.54. The lowest BCUT2D eigenvalue weighted by Crippen LogP contribution is -2.03. The fourth-order valence-corrected chi connectivity index (χ4v) is 2.29. The highest BCUT2D eigenvalue weighted by molar-refractivity contribution is 5.69. The highest BCUT2D eigenvalue weighted by Gasteiger charge is 2.04. The fourth-order valence-electron chi connectivity index (χ4n) is 2.29. The van der Waals surface area contributed by atoms with Gasteiger partial charge in [-0.2, -0.15) is 0 Å². The van der Waals surface area contributed by atoms with E-state index in [1.165, 1.54) is 44.9 Å². The molecule has 0 rings (SSSR count). The number of unbranched alkanes of at least 4 members (excludes halogenated alkanes) is 6. The van der Waals surface area contributed by atoms with Crippen LogP contribution in [0.5, 0.6) is 0 Å². The van der Waals surface area contributed by atoms with Gasteiger partial charge in [-0.1, -0.05) is 71.6 Å². The number of ether oxygens (including phenoxy) is 1. The molecule has 0 aromatic heterocycles. The van der Waals surface area contributed by atoms with Gasteiger partial charge in [0.1, 0.15) is 0 Å². The molecule has 19 heavy (non-hydrogen) atoms. The Kier molecular flexibility index (Phi) is 8.16. The van der Waals surface area contributed by atoms with Crippen molar-refractivity contribution in [2.75, 3.05) is 6.56 Å². The number of hydrogen-bond donors (Lipinski definition) is 0. The molecule has 0 amide bonds. The molecular weight excluding hydrogens is 236 g/mol. The molecule has 0 saturated heterocycles. The SMILES string of the molecule is [2H]C([2H])([2H])C([2H])([2H])OC(=O)CCCCC(C)CCCCCCCC. The molecule has 2 heteroatoms. The molecule has 0 aliphatic rings. The maximum Gasteiger partial charge on any atom is 0.305 e. The molecule has 0 aromatic rings. The van der Waals surface area contributed by atoms with Gasteiger partial charge in [0, 0.05) is 10.5 Å². The van der Waals surface area contributed by atoms with Gasteiger partial charge >= 0.3 is 5.97 Å². The van der Waals surface area contributed by atoms with E-state index in [0.717, 1.165) is 12.8 Å². The Hall–Kier alpha value is -0.530. The molecule has 0 spiro atoms. The zero-order valence-corrected chi connectivity index (χ0v) is 12.7. The Labute approximate surface area is 127 Å². The van der Waals surface area contributed by atoms with Gasteiger partial charge in [-0.3, -0.25) is 4.79 Å². The zero-order valence-electron chi connectivity index (χ0n) is 17.7. The van der Waals surface area contributed by atoms with E-state index in [1.807, 2.05) is 0 Å². The third kappa shape index (κ3) is 13.7. The van der Waals surface area contributed by atoms with E-state index in [1.54, 1.807) is 0 Å². The highest BCUT2D eigenvalue weighted by Crippen LogP contribution is 2.17. The summed E-state index contributed by atoms with van der Waals surface area (Å²) in [6.45, 7) is -1.42. The average molecular weight is 275 g/mol. The first-order valence-electron chi connectivity index (χ1n) is 10.3. The van der Waals surface area contributed by atoms with E-state index < -0.39 is 19.4 Å². The van der Waals surface area contributed by atoms with Gasteiger partial charge in [-0.25, -0.2) is 0 Å². The number of esters is 1. The molecule has 0 bridgehead atoms. The molecule has 0 saturated carbocycles. The second-order valence-electron chi connectivity index (χ2n) is 5.48. The summed E-state index contributed by atoms with van der Waals surface area (Å²) in [5, 5.41) is 0. The first-order valence-corrected chi connectivity index (χ1v) is 7.82. The molecule has 0 aromatic carbocycles. The van der Waals surface area contributed by atoms with E-state index >= 15 is 0 Å². The van der Waals surface area contributed by atoms with Crippen LogP contribution in [0.1, 0.15) is 98.2 Å². The van der Waals surface area contributed by atoms with Crippen LogP contribution in [0, 0.1) is 5.92 Å². The smallest absolute Gasteiger partial charge is 0.305 e. The summed E-state index contributed by atoms with van der Waals surface area (Å²) in [7, 11) is 0. The van der Waals surface area contributed by atoms with Crippen molar-refractivity contribution in [2.24, 2.45) is 5.92 Å². The van der Waals surface area contributed by atoms with Gasteiger partial charge in [0.2, 0.25) is 0 Å². The Morgan fingerprint density at radius 3 is 2.42 bits per heavy atom. The molecule has 0 aliphatic heterocycles. The Bertz CT molecular complexity index is 342. The average Bonchev–Trinajstić information content (AvgIpc) is 2.45. The van der Waals surface area contributed by atoms with Crippen LogP contribution in [0.4, 0.5) is 0 Å². The largest absolute Gasteiger partial charge is 0.466 e. The molecule has 1 atom stereocenters. The summed E-state index contributed by atoms with van der Waals surface area (Å²) >= 11 is 0. The van der Waals surface area contributed by atoms with Crippen LogP contribution in [-0.2, 0) is 9.53 Å². The molecule has 114 valence electrons. The minimum absolute atomic E-state index is 0.0688. The maximum atomic E-state index is 11.5. The van der Waals surface area contributed by atoms with Crippen molar-refractivity contribution >= 4 is 5.97 Å². The van der Waals surface area contributed by atoms with Crippen molar-refractivity contribution < 1.29 is 16.4 Å². The van der Waals surface area contributed by atoms with Crippen LogP contribution in [-0.4, -0.2) is 12.5 Å². The molecular formula is C17H34O2. The standard InChI is InChI=1S/C17H34O2/c1-4-6-7-8-9-10-13-16(3)14-11-12-15-17(18)19-5-2/h16H,4-15H2,1-3H3/i2D3,5D2. The van der Waals surface area contributed by atoms with E-state index in [4.69, 9.17) is 6.85 Å². The number of carbonyl (C=O) groups is 1. The normalized spacial score (nSPS) is 17.7. The van der Waals surface area contributed by atoms with Crippen LogP contribution in [0.15, 0.2) is 0 Å². The number of hydrogen-bond acceptors (Lipinski definition) is 2. The van der Waals surface area contributed by atoms with Crippen molar-refractivity contribution in [1.82, 2.24) is 0 Å². The predicted octanol–water partition coefficient (Wildman–Crippen LogP) is 5.50. The molecule has 0 radical (unpaired) electrons. The quantitative estimate of drug-likeness (QED) is 0.328. The first-order chi connectivity index (χ1) is 11.1. The Balaban J connectivity index is 3.69. The monoisotopic (exact) mass is 275 g/mol. The number of rotatable bonds is 13. The minimum atomic E-state index is -2.95. The zero-order chi connectivity index (χ0) is 18.6. The van der Waals surface area contributed by atoms with Crippen LogP contribution in [0.2, 0.25) is 0 Å². The summed E-state index contributed by atoms with van der Waals surface area (Å²) in [4.78, 5) is 11.5. The number of carbonyl (C=O) groups excluding carboxylic acids is 1. The van der Waals surface area contributed by atoms with Gasteiger partial charge < -0.3 is 4.74 Å². The summed E-state index contributed by atoms with van der Waals surface area (Å²) in [6, 6.07) is 0. The van der Waals surface area contributed by atoms with Crippen molar-refractivity contribution in [3.05, 3.63) is 0 Å². The predicted molar refractivity (Wildman–Crippen MR) is 82.3 cm³/mol. The second-order valence-corrected chi connectivity index (χ2v) is 5.48. The fraction of sp³-hybridized carbons (Fsp3) is 0.941. The van der Waals surface area contributed by atoms with Crippen LogP contribution >= 0.6 is 0 Å². The van der Waals surface area contributed by atoms with E-state index in [2.05, 4.69) is 18.6 Å². The van der Waals surface area contributed by atoms with Crippen molar-refractivity contribution in [3.63, 3.8) is 0 Å². The Morgan fingerprint density at radius 2 is 1.74 bits per heavy atom. The molecule has 0 fully saturated rings. The van der Waals surface area contributed by atoms with Gasteiger partial charge in [-0.15, -0.1) is 0 Å². The van der Waals surface area contributed by atoms with Gasteiger partial charge in [0.15, 0.2) is 0 Å². The second kappa shape index (κ2) is 13.9. The van der Waals surface area contributed by atoms with Crippen LogP contribution in [0.3, 0.4) is 0 Å². The minimum Gasteiger partial charge on any atom is -0.466 e. The van der Waals surface area contributed by atoms with E-state index in [9.17, 15) is 4.79 Å². The lowest BCUT2D eigenvalue weighted by molar-refractivity contribution is -0.143. The summed E-state index contributed by atoms with van der Waals surface area (Å²) in [6.07, 6.45) is 11.6. The highest BCUT2D eigenvalue weighted by atomic mass is 16.5. The molecule has 0 heterocycles. The van der Waals surface area contributed by atoms with Gasteiger partial charge in [-0.05, 0) is 19.2 Å². The summed E-state index contributed by atoms with van der Waals surface area (Å²) in [5.74, 6) is -0.152. The van der Waals surface area contributed by atoms with Crippen molar-refractivity contribution in [2.45, 2.75) is 91.3 Å². The summed E-state index contributed by atoms with van der Waals surface area (Å²) < 4.78 is 39.9. The maximum absolute atomic E-state index is 11.5. The van der Waals surface area contributed by atoms with Crippen molar-refractivity contribution in [3.8, 4) is 0 Å². The molecule has 2 nitrogen and oxygen atoms in total. The van der Waals surface area contributed by atoms with Crippen molar-refractivity contribution in [1.29, 1.82) is 0 Å².